The van der Waals surface area contributed by atoms with Crippen molar-refractivity contribution in [2.24, 2.45) is 12.0 Å². The van der Waals surface area contributed by atoms with Crippen molar-refractivity contribution in [3.05, 3.63) is 40.7 Å². The van der Waals surface area contributed by atoms with E-state index < -0.39 is 0 Å². The van der Waals surface area contributed by atoms with Crippen LogP contribution in [0.1, 0.15) is 43.3 Å². The number of halogens is 1. The molecule has 0 amide bonds. The number of nitrogens with zero attached hydrogens (tertiary/aromatic N) is 3. The van der Waals surface area contributed by atoms with E-state index >= 15 is 0 Å². The van der Waals surface area contributed by atoms with Gasteiger partial charge in [0.1, 0.15) is 0 Å². The summed E-state index contributed by atoms with van der Waals surface area (Å²) in [5.41, 5.74) is 4.73. The molecule has 0 unspecified atom stereocenters. The molecule has 0 spiro atoms. The van der Waals surface area contributed by atoms with Crippen LogP contribution in [0.4, 0.5) is 0 Å². The van der Waals surface area contributed by atoms with E-state index in [1.807, 2.05) is 29.9 Å². The van der Waals surface area contributed by atoms with E-state index in [9.17, 15) is 0 Å². The highest BCUT2D eigenvalue weighted by molar-refractivity contribution is 14.0. The van der Waals surface area contributed by atoms with Gasteiger partial charge in [-0.3, -0.25) is 4.68 Å². The molecular formula is C21H34IN5O2. The highest BCUT2D eigenvalue weighted by Crippen LogP contribution is 2.27. The number of aliphatic imine (C=N–C) groups is 1. The average molecular weight is 515 g/mol. The van der Waals surface area contributed by atoms with E-state index in [4.69, 9.17) is 14.5 Å². The maximum atomic E-state index is 5.38. The van der Waals surface area contributed by atoms with Gasteiger partial charge < -0.3 is 20.1 Å². The van der Waals surface area contributed by atoms with Crippen LogP contribution in [0.3, 0.4) is 0 Å². The third kappa shape index (κ3) is 6.52. The number of hydrogen-bond acceptors (Lipinski definition) is 4. The van der Waals surface area contributed by atoms with E-state index in [2.05, 4.69) is 36.5 Å². The van der Waals surface area contributed by atoms with Gasteiger partial charge in [-0.25, -0.2) is 4.99 Å². The van der Waals surface area contributed by atoms with Gasteiger partial charge in [-0.05, 0) is 37.5 Å². The Bertz CT molecular complexity index is 805. The van der Waals surface area contributed by atoms with Crippen molar-refractivity contribution < 1.29 is 9.47 Å². The third-order valence-corrected chi connectivity index (χ3v) is 4.67. The zero-order valence-electron chi connectivity index (χ0n) is 18.3. The zero-order chi connectivity index (χ0) is 20.5. The highest BCUT2D eigenvalue weighted by atomic mass is 127. The fourth-order valence-corrected chi connectivity index (χ4v) is 3.26. The van der Waals surface area contributed by atoms with Gasteiger partial charge in [-0.1, -0.05) is 19.9 Å². The summed E-state index contributed by atoms with van der Waals surface area (Å²) >= 11 is 0. The first-order valence-corrected chi connectivity index (χ1v) is 9.84. The fourth-order valence-electron chi connectivity index (χ4n) is 3.26. The first-order valence-electron chi connectivity index (χ1n) is 9.84. The van der Waals surface area contributed by atoms with Crippen molar-refractivity contribution in [3.8, 4) is 11.5 Å². The van der Waals surface area contributed by atoms with E-state index in [0.29, 0.717) is 18.8 Å². The molecule has 0 aliphatic rings. The standard InChI is InChI=1S/C21H33N5O2.HI/c1-7-17-16(18(8-2)26(4)25-17)14-24-21(22-9-3)23-13-15-10-11-19(27-5)20(12-15)28-6;/h10-12H,7-9,13-14H2,1-6H3,(H2,22,23,24);1H. The second-order valence-electron chi connectivity index (χ2n) is 6.44. The Morgan fingerprint density at radius 3 is 2.38 bits per heavy atom. The molecule has 0 fully saturated rings. The minimum absolute atomic E-state index is 0. The Hall–Kier alpha value is -1.97. The molecule has 29 heavy (non-hydrogen) atoms. The van der Waals surface area contributed by atoms with Crippen molar-refractivity contribution in [2.75, 3.05) is 20.8 Å². The van der Waals surface area contributed by atoms with Crippen LogP contribution in [-0.4, -0.2) is 36.5 Å². The topological polar surface area (TPSA) is 72.7 Å². The lowest BCUT2D eigenvalue weighted by Gasteiger charge is -2.13. The van der Waals surface area contributed by atoms with Crippen LogP contribution in [0.2, 0.25) is 0 Å². The zero-order valence-corrected chi connectivity index (χ0v) is 20.7. The molecule has 2 aromatic rings. The summed E-state index contributed by atoms with van der Waals surface area (Å²) in [5.74, 6) is 2.21. The Kier molecular flexibility index (Phi) is 10.9. The number of rotatable bonds is 9. The maximum absolute atomic E-state index is 5.38. The smallest absolute Gasteiger partial charge is 0.191 e. The van der Waals surface area contributed by atoms with E-state index in [1.165, 1.54) is 11.3 Å². The quantitative estimate of drug-likeness (QED) is 0.304. The molecular weight excluding hydrogens is 481 g/mol. The molecule has 0 bridgehead atoms. The predicted octanol–water partition coefficient (Wildman–Crippen LogP) is 3.44. The summed E-state index contributed by atoms with van der Waals surface area (Å²) in [6, 6.07) is 5.86. The molecule has 1 aromatic carbocycles. The lowest BCUT2D eigenvalue weighted by Crippen LogP contribution is -2.37. The van der Waals surface area contributed by atoms with Crippen LogP contribution < -0.4 is 20.1 Å². The summed E-state index contributed by atoms with van der Waals surface area (Å²) in [6.07, 6.45) is 1.88. The average Bonchev–Trinajstić information content (AvgIpc) is 3.04. The van der Waals surface area contributed by atoms with Crippen LogP contribution in [-0.2, 0) is 33.0 Å². The summed E-state index contributed by atoms with van der Waals surface area (Å²) < 4.78 is 12.7. The van der Waals surface area contributed by atoms with Crippen molar-refractivity contribution in [1.29, 1.82) is 0 Å². The van der Waals surface area contributed by atoms with Crippen LogP contribution in [0, 0.1) is 0 Å². The van der Waals surface area contributed by atoms with Crippen molar-refractivity contribution >= 4 is 29.9 Å². The molecule has 1 aromatic heterocycles. The van der Waals surface area contributed by atoms with Gasteiger partial charge in [0.15, 0.2) is 17.5 Å². The van der Waals surface area contributed by atoms with Gasteiger partial charge in [-0.2, -0.15) is 5.10 Å². The van der Waals surface area contributed by atoms with Crippen molar-refractivity contribution in [1.82, 2.24) is 20.4 Å². The van der Waals surface area contributed by atoms with Gasteiger partial charge in [0.25, 0.3) is 0 Å². The molecule has 2 rings (SSSR count). The van der Waals surface area contributed by atoms with Crippen molar-refractivity contribution in [3.63, 3.8) is 0 Å². The van der Waals surface area contributed by atoms with E-state index in [-0.39, 0.29) is 24.0 Å². The highest BCUT2D eigenvalue weighted by Gasteiger charge is 2.14. The SMILES string of the molecule is CCNC(=NCc1ccc(OC)c(OC)c1)NCc1c(CC)nn(C)c1CC.I. The van der Waals surface area contributed by atoms with Gasteiger partial charge in [0.05, 0.1) is 26.5 Å². The molecule has 0 saturated carbocycles. The maximum Gasteiger partial charge on any atom is 0.191 e. The molecule has 162 valence electrons. The summed E-state index contributed by atoms with van der Waals surface area (Å²) in [7, 11) is 5.29. The number of aromatic nitrogens is 2. The Balaban J connectivity index is 0.00000420. The number of ether oxygens (including phenoxy) is 2. The summed E-state index contributed by atoms with van der Waals surface area (Å²) in [6.45, 7) is 8.42. The lowest BCUT2D eigenvalue weighted by molar-refractivity contribution is 0.354. The molecule has 0 atom stereocenters. The fraction of sp³-hybridized carbons (Fsp3) is 0.524. The first kappa shape index (κ1) is 25.1. The molecule has 7 nitrogen and oxygen atoms in total. The molecule has 0 radical (unpaired) electrons. The number of nitrogens with one attached hydrogen (secondary N) is 2. The number of benzene rings is 1. The largest absolute Gasteiger partial charge is 0.493 e. The minimum Gasteiger partial charge on any atom is -0.493 e. The summed E-state index contributed by atoms with van der Waals surface area (Å²) in [5, 5.41) is 11.4. The molecule has 8 heteroatoms. The normalized spacial score (nSPS) is 11.0. The second-order valence-corrected chi connectivity index (χ2v) is 6.44. The van der Waals surface area contributed by atoms with Gasteiger partial charge in [0.2, 0.25) is 0 Å². The van der Waals surface area contributed by atoms with Crippen LogP contribution in [0.25, 0.3) is 0 Å². The van der Waals surface area contributed by atoms with Gasteiger partial charge in [-0.15, -0.1) is 24.0 Å². The number of guanidine groups is 1. The Morgan fingerprint density at radius 2 is 1.79 bits per heavy atom. The first-order chi connectivity index (χ1) is 13.6. The monoisotopic (exact) mass is 515 g/mol. The van der Waals surface area contributed by atoms with E-state index in [0.717, 1.165) is 42.4 Å². The third-order valence-electron chi connectivity index (χ3n) is 4.67. The van der Waals surface area contributed by atoms with Gasteiger partial charge in [0, 0.05) is 31.4 Å². The van der Waals surface area contributed by atoms with Crippen LogP contribution in [0.5, 0.6) is 11.5 Å². The molecule has 1 heterocycles. The Labute approximate surface area is 191 Å². The molecule has 0 aliphatic heterocycles. The number of methoxy groups -OCH3 is 2. The second kappa shape index (κ2) is 12.6. The van der Waals surface area contributed by atoms with E-state index in [1.54, 1.807) is 14.2 Å². The Morgan fingerprint density at radius 1 is 1.07 bits per heavy atom. The van der Waals surface area contributed by atoms with Crippen molar-refractivity contribution in [2.45, 2.75) is 46.7 Å². The predicted molar refractivity (Wildman–Crippen MR) is 129 cm³/mol. The van der Waals surface area contributed by atoms with Crippen LogP contribution in [0.15, 0.2) is 23.2 Å². The molecule has 2 N–H and O–H groups in total. The number of aryl methyl sites for hydroxylation is 2. The van der Waals surface area contributed by atoms with Crippen LogP contribution >= 0.6 is 24.0 Å². The molecule has 0 aliphatic carbocycles. The number of hydrogen-bond donors (Lipinski definition) is 2. The lowest BCUT2D eigenvalue weighted by atomic mass is 10.1. The minimum atomic E-state index is 0. The molecule has 0 saturated heterocycles. The summed E-state index contributed by atoms with van der Waals surface area (Å²) in [4.78, 5) is 4.72. The van der Waals surface area contributed by atoms with Gasteiger partial charge >= 0.3 is 0 Å².